The van der Waals surface area contributed by atoms with Crippen LogP contribution in [0.5, 0.6) is 0 Å². The number of aromatic nitrogens is 2. The molecule has 0 spiro atoms. The number of nitrogen functional groups attached to an aromatic ring is 1. The van der Waals surface area contributed by atoms with Gasteiger partial charge in [-0.25, -0.2) is 10.8 Å². The summed E-state index contributed by atoms with van der Waals surface area (Å²) >= 11 is 5.98. The number of aliphatic hydroxyl groups is 1. The van der Waals surface area contributed by atoms with Gasteiger partial charge in [0, 0.05) is 6.54 Å². The molecular formula is C11H18ClN5O. The summed E-state index contributed by atoms with van der Waals surface area (Å²) in [7, 11) is 0. The zero-order valence-electron chi connectivity index (χ0n) is 10.1. The van der Waals surface area contributed by atoms with Crippen molar-refractivity contribution in [1.82, 2.24) is 9.97 Å². The average molecular weight is 272 g/mol. The van der Waals surface area contributed by atoms with Crippen LogP contribution in [0.15, 0.2) is 6.20 Å². The van der Waals surface area contributed by atoms with Crippen LogP contribution in [0.1, 0.15) is 32.1 Å². The van der Waals surface area contributed by atoms with Gasteiger partial charge in [0.2, 0.25) is 5.95 Å². The molecule has 0 atom stereocenters. The summed E-state index contributed by atoms with van der Waals surface area (Å²) < 4.78 is 0. The van der Waals surface area contributed by atoms with Crippen LogP contribution in [-0.4, -0.2) is 27.2 Å². The molecule has 1 fully saturated rings. The van der Waals surface area contributed by atoms with Crippen molar-refractivity contribution in [3.63, 3.8) is 0 Å². The van der Waals surface area contributed by atoms with Gasteiger partial charge in [0.05, 0.1) is 11.8 Å². The van der Waals surface area contributed by atoms with Gasteiger partial charge in [-0.2, -0.15) is 4.98 Å². The highest BCUT2D eigenvalue weighted by Gasteiger charge is 2.29. The number of anilines is 2. The van der Waals surface area contributed by atoms with Crippen LogP contribution in [0, 0.1) is 0 Å². The van der Waals surface area contributed by atoms with Crippen LogP contribution in [-0.2, 0) is 0 Å². The zero-order chi connectivity index (χ0) is 13.0. The fourth-order valence-electron chi connectivity index (χ4n) is 2.20. The van der Waals surface area contributed by atoms with Gasteiger partial charge in [-0.3, -0.25) is 5.43 Å². The highest BCUT2D eigenvalue weighted by Crippen LogP contribution is 2.29. The Morgan fingerprint density at radius 3 is 2.78 bits per heavy atom. The number of halogens is 1. The van der Waals surface area contributed by atoms with Crippen molar-refractivity contribution in [3.8, 4) is 0 Å². The number of nitrogens with zero attached hydrogens (tertiary/aromatic N) is 2. The molecule has 7 heteroatoms. The predicted octanol–water partition coefficient (Wildman–Crippen LogP) is 1.52. The lowest BCUT2D eigenvalue weighted by atomic mass is 9.85. The van der Waals surface area contributed by atoms with E-state index < -0.39 is 5.60 Å². The molecule has 1 heterocycles. The zero-order valence-corrected chi connectivity index (χ0v) is 10.9. The van der Waals surface area contributed by atoms with Crippen LogP contribution in [0.4, 0.5) is 11.8 Å². The molecule has 18 heavy (non-hydrogen) atoms. The Bertz CT molecular complexity index is 408. The van der Waals surface area contributed by atoms with Crippen molar-refractivity contribution >= 4 is 23.4 Å². The molecule has 5 N–H and O–H groups in total. The Labute approximate surface area is 111 Å². The molecule has 2 rings (SSSR count). The third-order valence-corrected chi connectivity index (χ3v) is 3.52. The van der Waals surface area contributed by atoms with E-state index in [1.54, 1.807) is 0 Å². The van der Waals surface area contributed by atoms with Gasteiger partial charge in [0.1, 0.15) is 5.02 Å². The van der Waals surface area contributed by atoms with Crippen LogP contribution in [0.3, 0.4) is 0 Å². The molecule has 6 nitrogen and oxygen atoms in total. The second kappa shape index (κ2) is 5.69. The second-order valence-corrected chi connectivity index (χ2v) is 5.08. The monoisotopic (exact) mass is 271 g/mol. The number of rotatable bonds is 4. The van der Waals surface area contributed by atoms with E-state index in [1.165, 1.54) is 12.6 Å². The molecule has 0 radical (unpaired) electrons. The van der Waals surface area contributed by atoms with Crippen LogP contribution in [0.25, 0.3) is 0 Å². The minimum Gasteiger partial charge on any atom is -0.388 e. The number of hydrogen-bond acceptors (Lipinski definition) is 6. The molecule has 100 valence electrons. The number of hydrogen-bond donors (Lipinski definition) is 4. The minimum absolute atomic E-state index is 0.289. The molecule has 0 amide bonds. The average Bonchev–Trinajstić information content (AvgIpc) is 2.39. The molecule has 1 aliphatic rings. The molecule has 1 aromatic rings. The Balaban J connectivity index is 2.00. The van der Waals surface area contributed by atoms with E-state index in [-0.39, 0.29) is 5.95 Å². The van der Waals surface area contributed by atoms with E-state index in [1.807, 2.05) is 0 Å². The maximum absolute atomic E-state index is 10.4. The third kappa shape index (κ3) is 3.22. The molecule has 0 saturated heterocycles. The van der Waals surface area contributed by atoms with Crippen molar-refractivity contribution in [2.75, 3.05) is 17.3 Å². The van der Waals surface area contributed by atoms with Gasteiger partial charge >= 0.3 is 0 Å². The van der Waals surface area contributed by atoms with Gasteiger partial charge < -0.3 is 10.4 Å². The maximum Gasteiger partial charge on any atom is 0.239 e. The summed E-state index contributed by atoms with van der Waals surface area (Å²) in [4.78, 5) is 7.99. The Kier molecular flexibility index (Phi) is 4.21. The maximum atomic E-state index is 10.4. The first-order chi connectivity index (χ1) is 8.63. The topological polar surface area (TPSA) is 96.1 Å². The predicted molar refractivity (Wildman–Crippen MR) is 71.4 cm³/mol. The summed E-state index contributed by atoms with van der Waals surface area (Å²) in [6.07, 6.45) is 6.40. The molecule has 1 aromatic heterocycles. The third-order valence-electron chi connectivity index (χ3n) is 3.24. The Morgan fingerprint density at radius 1 is 1.39 bits per heavy atom. The second-order valence-electron chi connectivity index (χ2n) is 4.67. The van der Waals surface area contributed by atoms with Crippen molar-refractivity contribution < 1.29 is 5.11 Å². The van der Waals surface area contributed by atoms with Crippen molar-refractivity contribution in [2.45, 2.75) is 37.7 Å². The van der Waals surface area contributed by atoms with Crippen LogP contribution >= 0.6 is 11.6 Å². The van der Waals surface area contributed by atoms with Gasteiger partial charge in [0.25, 0.3) is 0 Å². The van der Waals surface area contributed by atoms with E-state index in [0.717, 1.165) is 25.7 Å². The minimum atomic E-state index is -0.664. The molecular weight excluding hydrogens is 254 g/mol. The van der Waals surface area contributed by atoms with E-state index in [2.05, 4.69) is 20.7 Å². The molecule has 0 aromatic carbocycles. The summed E-state index contributed by atoms with van der Waals surface area (Å²) in [5.41, 5.74) is 1.69. The molecule has 1 aliphatic carbocycles. The molecule has 0 unspecified atom stereocenters. The number of nitrogens with two attached hydrogens (primary N) is 1. The first-order valence-electron chi connectivity index (χ1n) is 6.08. The molecule has 1 saturated carbocycles. The van der Waals surface area contributed by atoms with E-state index in [4.69, 9.17) is 17.4 Å². The first-order valence-corrected chi connectivity index (χ1v) is 6.46. The van der Waals surface area contributed by atoms with Gasteiger partial charge in [0.15, 0.2) is 5.82 Å². The van der Waals surface area contributed by atoms with E-state index in [0.29, 0.717) is 17.4 Å². The fourth-order valence-corrected chi connectivity index (χ4v) is 2.35. The largest absolute Gasteiger partial charge is 0.388 e. The Hall–Kier alpha value is -1.11. The van der Waals surface area contributed by atoms with Crippen LogP contribution in [0.2, 0.25) is 5.02 Å². The van der Waals surface area contributed by atoms with Crippen molar-refractivity contribution in [3.05, 3.63) is 11.2 Å². The SMILES string of the molecule is NNc1ncc(Cl)c(NCC2(O)CCCCC2)n1. The normalized spacial score (nSPS) is 18.4. The van der Waals surface area contributed by atoms with Gasteiger partial charge in [-0.1, -0.05) is 30.9 Å². The summed E-state index contributed by atoms with van der Waals surface area (Å²) in [5, 5.41) is 13.8. The lowest BCUT2D eigenvalue weighted by molar-refractivity contribution is 0.0166. The Morgan fingerprint density at radius 2 is 2.11 bits per heavy atom. The first kappa shape index (κ1) is 13.3. The van der Waals surface area contributed by atoms with Crippen molar-refractivity contribution in [2.24, 2.45) is 5.84 Å². The highest BCUT2D eigenvalue weighted by atomic mass is 35.5. The number of nitrogens with one attached hydrogen (secondary N) is 2. The van der Waals surface area contributed by atoms with Gasteiger partial charge in [-0.15, -0.1) is 0 Å². The highest BCUT2D eigenvalue weighted by molar-refractivity contribution is 6.32. The van der Waals surface area contributed by atoms with E-state index >= 15 is 0 Å². The smallest absolute Gasteiger partial charge is 0.239 e. The van der Waals surface area contributed by atoms with Crippen LogP contribution < -0.4 is 16.6 Å². The summed E-state index contributed by atoms with van der Waals surface area (Å²) in [6, 6.07) is 0. The standard InChI is InChI=1S/C11H18ClN5O/c12-8-6-14-10(17-13)16-9(8)15-7-11(18)4-2-1-3-5-11/h6,18H,1-5,7,13H2,(H2,14,15,16,17). The van der Waals surface area contributed by atoms with Gasteiger partial charge in [-0.05, 0) is 12.8 Å². The lowest BCUT2D eigenvalue weighted by Crippen LogP contribution is -2.39. The quantitative estimate of drug-likeness (QED) is 0.490. The lowest BCUT2D eigenvalue weighted by Gasteiger charge is -2.32. The summed E-state index contributed by atoms with van der Waals surface area (Å²) in [5.74, 6) is 6.01. The van der Waals surface area contributed by atoms with Crippen molar-refractivity contribution in [1.29, 1.82) is 0 Å². The molecule has 0 bridgehead atoms. The molecule has 0 aliphatic heterocycles. The fraction of sp³-hybridized carbons (Fsp3) is 0.636. The van der Waals surface area contributed by atoms with E-state index in [9.17, 15) is 5.11 Å². The number of hydrazine groups is 1. The summed E-state index contributed by atoms with van der Waals surface area (Å²) in [6.45, 7) is 0.438.